The predicted octanol–water partition coefficient (Wildman–Crippen LogP) is 4.16. The number of nitrogens with zero attached hydrogens (tertiary/aromatic N) is 3. The quantitative estimate of drug-likeness (QED) is 0.434. The van der Waals surface area contributed by atoms with Crippen LogP contribution in [0.1, 0.15) is 28.8 Å². The summed E-state index contributed by atoms with van der Waals surface area (Å²) in [5.41, 5.74) is 3.86. The summed E-state index contributed by atoms with van der Waals surface area (Å²) in [6.45, 7) is 3.10. The number of carbonyl (C=O) groups excluding carboxylic acids is 1. The van der Waals surface area contributed by atoms with Crippen LogP contribution in [0.4, 0.5) is 5.82 Å². The van der Waals surface area contributed by atoms with Crippen LogP contribution in [0.5, 0.6) is 0 Å². The first kappa shape index (κ1) is 21.0. The van der Waals surface area contributed by atoms with Crippen LogP contribution in [0.2, 0.25) is 0 Å². The average Bonchev–Trinajstić information content (AvgIpc) is 3.68. The first-order valence-electron chi connectivity index (χ1n) is 11.0. The van der Waals surface area contributed by atoms with Crippen LogP contribution in [0.15, 0.2) is 65.8 Å². The number of ether oxygens (including phenoxy) is 1. The number of hydrogen-bond acceptors (Lipinski definition) is 6. The van der Waals surface area contributed by atoms with Crippen molar-refractivity contribution in [3.05, 3.63) is 71.8 Å². The van der Waals surface area contributed by atoms with Crippen LogP contribution in [0.3, 0.4) is 0 Å². The molecule has 7 heteroatoms. The summed E-state index contributed by atoms with van der Waals surface area (Å²) in [6, 6.07) is 20.5. The molecule has 2 aromatic carbocycles. The zero-order valence-electron chi connectivity index (χ0n) is 17.9. The van der Waals surface area contributed by atoms with E-state index in [4.69, 9.17) is 14.7 Å². The van der Waals surface area contributed by atoms with Gasteiger partial charge in [0.15, 0.2) is 5.16 Å². The topological polar surface area (TPSA) is 67.4 Å². The molecule has 0 atom stereocenters. The summed E-state index contributed by atoms with van der Waals surface area (Å²) in [5.74, 6) is 1.70. The second-order valence-corrected chi connectivity index (χ2v) is 9.04. The average molecular weight is 447 g/mol. The Balaban J connectivity index is 1.32. The van der Waals surface area contributed by atoms with Crippen molar-refractivity contribution in [2.75, 3.05) is 31.2 Å². The zero-order chi connectivity index (χ0) is 21.8. The Morgan fingerprint density at radius 3 is 2.50 bits per heavy atom. The molecule has 1 saturated heterocycles. The van der Waals surface area contributed by atoms with Gasteiger partial charge in [0.25, 0.3) is 5.91 Å². The van der Waals surface area contributed by atoms with E-state index in [2.05, 4.69) is 28.4 Å². The van der Waals surface area contributed by atoms with Gasteiger partial charge in [0, 0.05) is 42.1 Å². The first-order chi connectivity index (χ1) is 15.7. The van der Waals surface area contributed by atoms with Gasteiger partial charge in [0.05, 0.1) is 18.9 Å². The number of morpholine rings is 1. The number of amides is 1. The van der Waals surface area contributed by atoms with Crippen molar-refractivity contribution >= 4 is 23.5 Å². The maximum atomic E-state index is 12.2. The first-order valence-corrected chi connectivity index (χ1v) is 12.0. The third-order valence-corrected chi connectivity index (χ3v) is 6.51. The standard InChI is InChI=1S/C25H26N4O2S/c30-24(26-21-10-11-21)20-8-6-18(7-9-20)17-32-25-27-22(19-4-2-1-3-5-19)16-23(28-25)29-12-14-31-15-13-29/h1-9,16,21H,10-15,17H2,(H,26,30). The lowest BCUT2D eigenvalue weighted by Crippen LogP contribution is -2.36. The molecule has 2 heterocycles. The lowest BCUT2D eigenvalue weighted by Gasteiger charge is -2.28. The number of thioether (sulfide) groups is 1. The maximum absolute atomic E-state index is 12.2. The predicted molar refractivity (Wildman–Crippen MR) is 127 cm³/mol. The smallest absolute Gasteiger partial charge is 0.251 e. The van der Waals surface area contributed by atoms with E-state index in [1.165, 1.54) is 0 Å². The number of benzene rings is 2. The van der Waals surface area contributed by atoms with E-state index in [0.29, 0.717) is 24.8 Å². The van der Waals surface area contributed by atoms with E-state index in [0.717, 1.165) is 59.5 Å². The Kier molecular flexibility index (Phi) is 6.36. The highest BCUT2D eigenvalue weighted by molar-refractivity contribution is 7.98. The molecule has 3 aromatic rings. The number of carbonyl (C=O) groups is 1. The lowest BCUT2D eigenvalue weighted by atomic mass is 10.1. The number of aromatic nitrogens is 2. The molecule has 5 rings (SSSR count). The monoisotopic (exact) mass is 446 g/mol. The van der Waals surface area contributed by atoms with Gasteiger partial charge in [-0.3, -0.25) is 4.79 Å². The van der Waals surface area contributed by atoms with E-state index >= 15 is 0 Å². The number of anilines is 1. The van der Waals surface area contributed by atoms with Gasteiger partial charge >= 0.3 is 0 Å². The Morgan fingerprint density at radius 2 is 1.78 bits per heavy atom. The molecule has 0 radical (unpaired) electrons. The Morgan fingerprint density at radius 1 is 1.03 bits per heavy atom. The molecule has 1 aliphatic heterocycles. The summed E-state index contributed by atoms with van der Waals surface area (Å²) in [7, 11) is 0. The van der Waals surface area contributed by atoms with Crippen LogP contribution in [0.25, 0.3) is 11.3 Å². The van der Waals surface area contributed by atoms with Crippen molar-refractivity contribution in [1.82, 2.24) is 15.3 Å². The molecule has 1 amide bonds. The molecule has 1 saturated carbocycles. The van der Waals surface area contributed by atoms with Gasteiger partial charge in [0.2, 0.25) is 0 Å². The van der Waals surface area contributed by atoms with Gasteiger partial charge < -0.3 is 15.0 Å². The normalized spacial score (nSPS) is 16.1. The van der Waals surface area contributed by atoms with E-state index in [1.54, 1.807) is 11.8 Å². The number of rotatable bonds is 7. The highest BCUT2D eigenvalue weighted by atomic mass is 32.2. The van der Waals surface area contributed by atoms with Gasteiger partial charge in [-0.05, 0) is 30.5 Å². The fourth-order valence-electron chi connectivity index (χ4n) is 3.59. The summed E-state index contributed by atoms with van der Waals surface area (Å²) in [5, 5.41) is 3.78. The van der Waals surface area contributed by atoms with Crippen molar-refractivity contribution in [3.8, 4) is 11.3 Å². The second-order valence-electron chi connectivity index (χ2n) is 8.09. The van der Waals surface area contributed by atoms with Crippen LogP contribution >= 0.6 is 11.8 Å². The lowest BCUT2D eigenvalue weighted by molar-refractivity contribution is 0.0951. The van der Waals surface area contributed by atoms with Gasteiger partial charge in [-0.15, -0.1) is 0 Å². The number of hydrogen-bond donors (Lipinski definition) is 1. The molecule has 0 bridgehead atoms. The van der Waals surface area contributed by atoms with Gasteiger partial charge in [-0.2, -0.15) is 0 Å². The largest absolute Gasteiger partial charge is 0.378 e. The Bertz CT molecular complexity index is 1070. The highest BCUT2D eigenvalue weighted by Gasteiger charge is 2.23. The van der Waals surface area contributed by atoms with Crippen molar-refractivity contribution in [2.45, 2.75) is 29.8 Å². The summed E-state index contributed by atoms with van der Waals surface area (Å²) in [4.78, 5) is 24.1. The van der Waals surface area contributed by atoms with E-state index in [-0.39, 0.29) is 5.91 Å². The molecule has 1 N–H and O–H groups in total. The van der Waals surface area contributed by atoms with Gasteiger partial charge in [-0.1, -0.05) is 54.2 Å². The minimum absolute atomic E-state index is 0.0146. The molecule has 164 valence electrons. The van der Waals surface area contributed by atoms with Crippen molar-refractivity contribution < 1.29 is 9.53 Å². The second kappa shape index (κ2) is 9.71. The van der Waals surface area contributed by atoms with E-state index in [1.807, 2.05) is 42.5 Å². The third kappa shape index (κ3) is 5.29. The molecule has 6 nitrogen and oxygen atoms in total. The molecule has 32 heavy (non-hydrogen) atoms. The Labute approximate surface area is 192 Å². The molecule has 0 spiro atoms. The fourth-order valence-corrected chi connectivity index (χ4v) is 4.39. The van der Waals surface area contributed by atoms with Crippen LogP contribution in [-0.2, 0) is 10.5 Å². The van der Waals surface area contributed by atoms with Crippen molar-refractivity contribution in [3.63, 3.8) is 0 Å². The molecule has 1 aliphatic carbocycles. The minimum Gasteiger partial charge on any atom is -0.378 e. The van der Waals surface area contributed by atoms with E-state index in [9.17, 15) is 4.79 Å². The van der Waals surface area contributed by atoms with Crippen molar-refractivity contribution in [2.24, 2.45) is 0 Å². The van der Waals surface area contributed by atoms with Crippen LogP contribution in [0, 0.1) is 0 Å². The molecule has 2 aliphatic rings. The van der Waals surface area contributed by atoms with Crippen LogP contribution < -0.4 is 10.2 Å². The SMILES string of the molecule is O=C(NC1CC1)c1ccc(CSc2nc(-c3ccccc3)cc(N3CCOCC3)n2)cc1. The molecular formula is C25H26N4O2S. The summed E-state index contributed by atoms with van der Waals surface area (Å²) >= 11 is 1.61. The van der Waals surface area contributed by atoms with E-state index < -0.39 is 0 Å². The van der Waals surface area contributed by atoms with Gasteiger partial charge in [-0.25, -0.2) is 9.97 Å². The van der Waals surface area contributed by atoms with Crippen LogP contribution in [-0.4, -0.2) is 48.2 Å². The molecule has 2 fully saturated rings. The molecular weight excluding hydrogens is 420 g/mol. The zero-order valence-corrected chi connectivity index (χ0v) is 18.7. The maximum Gasteiger partial charge on any atom is 0.251 e. The highest BCUT2D eigenvalue weighted by Crippen LogP contribution is 2.28. The third-order valence-electron chi connectivity index (χ3n) is 5.59. The summed E-state index contributed by atoms with van der Waals surface area (Å²) < 4.78 is 5.50. The van der Waals surface area contributed by atoms with Crippen molar-refractivity contribution in [1.29, 1.82) is 0 Å². The molecule has 0 unspecified atom stereocenters. The summed E-state index contributed by atoms with van der Waals surface area (Å²) in [6.07, 6.45) is 2.18. The van der Waals surface area contributed by atoms with Gasteiger partial charge in [0.1, 0.15) is 5.82 Å². The minimum atomic E-state index is 0.0146. The Hall–Kier alpha value is -2.90. The molecule has 1 aromatic heterocycles. The number of nitrogens with one attached hydrogen (secondary N) is 1. The fraction of sp³-hybridized carbons (Fsp3) is 0.320.